The number of likely N-dealkylation sites (N-methyl/N-ethyl adjacent to an activating group) is 1. The Labute approximate surface area is 302 Å². The van der Waals surface area contributed by atoms with Gasteiger partial charge in [0.05, 0.1) is 18.1 Å². The highest BCUT2D eigenvalue weighted by Crippen LogP contribution is 2.29. The van der Waals surface area contributed by atoms with Gasteiger partial charge in [-0.3, -0.25) is 19.4 Å². The number of rotatable bonds is 19. The Morgan fingerprint density at radius 3 is 2.36 bits per heavy atom. The maximum Gasteiger partial charge on any atom is 0.241 e. The van der Waals surface area contributed by atoms with Crippen molar-refractivity contribution >= 4 is 29.1 Å². The summed E-state index contributed by atoms with van der Waals surface area (Å²) in [4.78, 5) is 50.3. The van der Waals surface area contributed by atoms with Gasteiger partial charge in [0, 0.05) is 49.7 Å². The van der Waals surface area contributed by atoms with Gasteiger partial charge in [-0.2, -0.15) is 0 Å². The number of nitrogens with one attached hydrogen (secondary N) is 1. The fourth-order valence-electron chi connectivity index (χ4n) is 6.80. The molecule has 1 aromatic carbocycles. The third-order valence-corrected chi connectivity index (χ3v) is 10.6. The Kier molecular flexibility index (Phi) is 15.9. The van der Waals surface area contributed by atoms with Crippen LogP contribution in [0.5, 0.6) is 0 Å². The van der Waals surface area contributed by atoms with Gasteiger partial charge in [0.1, 0.15) is 12.6 Å². The number of aromatic nitrogens is 1. The highest BCUT2D eigenvalue weighted by Gasteiger charge is 2.34. The van der Waals surface area contributed by atoms with Crippen LogP contribution in [0, 0.1) is 17.8 Å². The van der Waals surface area contributed by atoms with Crippen LogP contribution < -0.4 is 5.32 Å². The molecule has 0 saturated heterocycles. The number of aliphatic hydroxyl groups excluding tert-OH is 2. The third-order valence-electron chi connectivity index (χ3n) is 9.73. The van der Waals surface area contributed by atoms with Gasteiger partial charge >= 0.3 is 0 Å². The van der Waals surface area contributed by atoms with Gasteiger partial charge in [-0.05, 0) is 60.2 Å². The molecule has 3 N–H and O–H groups in total. The molecule has 9 nitrogen and oxygen atoms in total. The van der Waals surface area contributed by atoms with Gasteiger partial charge in [-0.15, -0.1) is 11.3 Å². The van der Waals surface area contributed by atoms with Gasteiger partial charge in [0.15, 0.2) is 0 Å². The standard InChI is InChI=1S/C40H56N4O5S/c1-29(2)23-36(45)39(48)35(24-30-13-6-4-7-14-30)42-40(49)32(25-34-18-12-22-50-34)26-37(46)44(27-31-15-8-5-9-16-31)28-38(47)43(3)21-19-33-17-10-11-20-41-33/h5,8-12,15-18,20,22,29-30,32,35-36,39,45,48H,4,6-7,13-14,19,21,23-28H2,1-3H3,(H,42,49)/t32-,35-,36-,39+/m0/s1. The minimum absolute atomic E-state index is 0.0950. The molecule has 4 atom stereocenters. The van der Waals surface area contributed by atoms with Gasteiger partial charge in [0.25, 0.3) is 0 Å². The van der Waals surface area contributed by atoms with Crippen molar-refractivity contribution in [2.45, 2.75) is 103 Å². The zero-order valence-electron chi connectivity index (χ0n) is 30.0. The number of hydrogen-bond donors (Lipinski definition) is 3. The molecule has 1 fully saturated rings. The Hall–Kier alpha value is -3.60. The second-order valence-electron chi connectivity index (χ2n) is 14.3. The molecule has 2 heterocycles. The van der Waals surface area contributed by atoms with Crippen LogP contribution in [0.25, 0.3) is 0 Å². The van der Waals surface area contributed by atoms with E-state index in [2.05, 4.69) is 10.3 Å². The summed E-state index contributed by atoms with van der Waals surface area (Å²) in [5, 5.41) is 27.4. The maximum absolute atomic E-state index is 14.2. The van der Waals surface area contributed by atoms with E-state index in [0.717, 1.165) is 41.8 Å². The summed E-state index contributed by atoms with van der Waals surface area (Å²) < 4.78 is 0. The molecule has 272 valence electrons. The molecule has 0 unspecified atom stereocenters. The number of hydrogen-bond acceptors (Lipinski definition) is 7. The molecule has 3 amide bonds. The number of pyridine rings is 1. The van der Waals surface area contributed by atoms with Crippen molar-refractivity contribution in [1.82, 2.24) is 20.1 Å². The predicted octanol–water partition coefficient (Wildman–Crippen LogP) is 5.64. The Morgan fingerprint density at radius 1 is 0.960 bits per heavy atom. The van der Waals surface area contributed by atoms with E-state index >= 15 is 0 Å². The first kappa shape index (κ1) is 39.2. The van der Waals surface area contributed by atoms with Crippen LogP contribution in [0.4, 0.5) is 0 Å². The van der Waals surface area contributed by atoms with Crippen LogP contribution in [0.3, 0.4) is 0 Å². The van der Waals surface area contributed by atoms with Crippen LogP contribution >= 0.6 is 11.3 Å². The molecule has 0 bridgehead atoms. The number of amides is 3. The van der Waals surface area contributed by atoms with Crippen LogP contribution in [-0.4, -0.2) is 81.1 Å². The second kappa shape index (κ2) is 20.3. The molecule has 0 spiro atoms. The van der Waals surface area contributed by atoms with Gasteiger partial charge in [-0.1, -0.05) is 88.4 Å². The molecule has 1 saturated carbocycles. The largest absolute Gasteiger partial charge is 0.390 e. The summed E-state index contributed by atoms with van der Waals surface area (Å²) in [5.74, 6) is -0.987. The summed E-state index contributed by atoms with van der Waals surface area (Å²) in [5.41, 5.74) is 1.77. The Bertz CT molecular complexity index is 1430. The van der Waals surface area contributed by atoms with Crippen LogP contribution in [-0.2, 0) is 33.8 Å². The number of thiophene rings is 1. The topological polar surface area (TPSA) is 123 Å². The number of carbonyl (C=O) groups excluding carboxylic acids is 3. The van der Waals surface area contributed by atoms with E-state index in [4.69, 9.17) is 0 Å². The molecule has 0 radical (unpaired) electrons. The lowest BCUT2D eigenvalue weighted by molar-refractivity contribution is -0.142. The van der Waals surface area contributed by atoms with E-state index in [1.807, 2.05) is 79.9 Å². The van der Waals surface area contributed by atoms with Crippen molar-refractivity contribution in [3.8, 4) is 0 Å². The zero-order chi connectivity index (χ0) is 35.9. The average Bonchev–Trinajstić information content (AvgIpc) is 3.63. The van der Waals surface area contributed by atoms with Crippen molar-refractivity contribution in [2.24, 2.45) is 17.8 Å². The van der Waals surface area contributed by atoms with Crippen molar-refractivity contribution in [2.75, 3.05) is 20.1 Å². The van der Waals surface area contributed by atoms with Gasteiger partial charge < -0.3 is 25.3 Å². The molecule has 1 aliphatic carbocycles. The lowest BCUT2D eigenvalue weighted by atomic mass is 9.82. The fourth-order valence-corrected chi connectivity index (χ4v) is 7.59. The molecule has 0 aliphatic heterocycles. The molecular weight excluding hydrogens is 649 g/mol. The second-order valence-corrected chi connectivity index (χ2v) is 15.4. The van der Waals surface area contributed by atoms with E-state index < -0.39 is 24.2 Å². The molecular formula is C40H56N4O5S. The van der Waals surface area contributed by atoms with Crippen LogP contribution in [0.15, 0.2) is 72.2 Å². The first-order valence-electron chi connectivity index (χ1n) is 18.2. The van der Waals surface area contributed by atoms with Crippen molar-refractivity contribution in [1.29, 1.82) is 0 Å². The molecule has 3 aromatic rings. The smallest absolute Gasteiger partial charge is 0.241 e. The highest BCUT2D eigenvalue weighted by atomic mass is 32.1. The van der Waals surface area contributed by atoms with Crippen LogP contribution in [0.2, 0.25) is 0 Å². The van der Waals surface area contributed by atoms with Crippen molar-refractivity contribution in [3.05, 3.63) is 88.4 Å². The summed E-state index contributed by atoms with van der Waals surface area (Å²) in [6, 6.07) is 18.5. The first-order valence-corrected chi connectivity index (χ1v) is 19.1. The van der Waals surface area contributed by atoms with Crippen LogP contribution in [0.1, 0.15) is 81.3 Å². The van der Waals surface area contributed by atoms with Crippen molar-refractivity contribution < 1.29 is 24.6 Å². The van der Waals surface area contributed by atoms with E-state index in [9.17, 15) is 24.6 Å². The SMILES string of the molecule is CC(C)C[C@H](O)[C@H](O)[C@H](CC1CCCCC1)NC(=O)[C@H](CC(=O)N(CC(=O)N(C)CCc1ccccn1)Cc1ccccc1)Cc1cccs1. The number of aliphatic hydroxyl groups is 2. The quantitative estimate of drug-likeness (QED) is 0.148. The summed E-state index contributed by atoms with van der Waals surface area (Å²) >= 11 is 1.53. The monoisotopic (exact) mass is 704 g/mol. The third kappa shape index (κ3) is 12.9. The van der Waals surface area contributed by atoms with E-state index in [0.29, 0.717) is 38.1 Å². The normalized spacial score (nSPS) is 16.0. The molecule has 1 aliphatic rings. The van der Waals surface area contributed by atoms with Crippen molar-refractivity contribution in [3.63, 3.8) is 0 Å². The van der Waals surface area contributed by atoms with Gasteiger partial charge in [0.2, 0.25) is 17.7 Å². The Morgan fingerprint density at radius 2 is 1.70 bits per heavy atom. The Balaban J connectivity index is 1.52. The number of carbonyl (C=O) groups is 3. The number of benzene rings is 1. The summed E-state index contributed by atoms with van der Waals surface area (Å²) in [6.07, 6.45) is 7.03. The highest BCUT2D eigenvalue weighted by molar-refractivity contribution is 7.09. The average molecular weight is 705 g/mol. The minimum atomic E-state index is -1.12. The minimum Gasteiger partial charge on any atom is -0.390 e. The fraction of sp³-hybridized carbons (Fsp3) is 0.550. The molecule has 10 heteroatoms. The lowest BCUT2D eigenvalue weighted by Crippen LogP contribution is -2.52. The summed E-state index contributed by atoms with van der Waals surface area (Å²) in [6.45, 7) is 4.57. The predicted molar refractivity (Wildman–Crippen MR) is 198 cm³/mol. The zero-order valence-corrected chi connectivity index (χ0v) is 30.8. The van der Waals surface area contributed by atoms with E-state index in [1.165, 1.54) is 17.8 Å². The maximum atomic E-state index is 14.2. The first-order chi connectivity index (χ1) is 24.1. The molecule has 4 rings (SSSR count). The van der Waals surface area contributed by atoms with Gasteiger partial charge in [-0.25, -0.2) is 0 Å². The summed E-state index contributed by atoms with van der Waals surface area (Å²) in [7, 11) is 1.73. The number of nitrogens with zero attached hydrogens (tertiary/aromatic N) is 3. The lowest BCUT2D eigenvalue weighted by Gasteiger charge is -2.34. The molecule has 50 heavy (non-hydrogen) atoms. The van der Waals surface area contributed by atoms with E-state index in [-0.39, 0.29) is 43.1 Å². The van der Waals surface area contributed by atoms with E-state index in [1.54, 1.807) is 23.0 Å². The molecule has 2 aromatic heterocycles.